The van der Waals surface area contributed by atoms with Crippen LogP contribution in [0.5, 0.6) is 0 Å². The maximum atomic E-state index is 5.58. The largest absolute Gasteiger partial charge is 0.305 e. The quantitative estimate of drug-likeness (QED) is 0.125. The van der Waals surface area contributed by atoms with Crippen molar-refractivity contribution in [1.82, 2.24) is 34.9 Å². The Kier molecular flexibility index (Phi) is 12.3. The Morgan fingerprint density at radius 1 is 0.200 bits per heavy atom. The molecule has 80 heavy (non-hydrogen) atoms. The zero-order chi connectivity index (χ0) is 53.2. The third-order valence-corrected chi connectivity index (χ3v) is 14.3. The van der Waals surface area contributed by atoms with E-state index in [1.165, 1.54) is 0 Å². The average Bonchev–Trinajstić information content (AvgIpc) is 3.64. The molecule has 4 heterocycles. The van der Waals surface area contributed by atoms with E-state index in [-0.39, 0.29) is 0 Å². The van der Waals surface area contributed by atoms with E-state index in [0.29, 0.717) is 34.9 Å². The van der Waals surface area contributed by atoms with Crippen molar-refractivity contribution >= 4 is 34.4 Å². The molecule has 376 valence electrons. The lowest BCUT2D eigenvalue weighted by atomic mass is 9.92. The second-order valence-corrected chi connectivity index (χ2v) is 19.3. The molecule has 0 saturated carbocycles. The summed E-state index contributed by atoms with van der Waals surface area (Å²) in [4.78, 5) is 42.0. The molecule has 0 amide bonds. The number of anilines is 6. The standard InChI is InChI=1S/C71H47N9/c1-8-26-48(27-9-1)56-44-55(70-77-68(53-36-18-6-19-37-53)76-69(78-70)54-38-20-7-21-39-54)45-57(61-47-58(49-28-10-2-11-29-49)72-67(73-61)52-34-16-5-17-35-52)66(56)79-62-40-22-24-42-64(62)80(65-43-25-23-41-63(65)79)71-74-59(50-30-12-3-13-31-50)46-60(75-71)51-32-14-4-15-33-51/h1-47H. The summed E-state index contributed by atoms with van der Waals surface area (Å²) in [5, 5.41) is 0. The number of nitrogens with zero attached hydrogens (tertiary/aromatic N) is 9. The highest BCUT2D eigenvalue weighted by Crippen LogP contribution is 2.57. The molecule has 9 nitrogen and oxygen atoms in total. The summed E-state index contributed by atoms with van der Waals surface area (Å²) < 4.78 is 0. The van der Waals surface area contributed by atoms with E-state index in [4.69, 9.17) is 34.9 Å². The van der Waals surface area contributed by atoms with Crippen molar-refractivity contribution in [3.63, 3.8) is 0 Å². The first-order valence-corrected chi connectivity index (χ1v) is 26.6. The Morgan fingerprint density at radius 3 is 0.900 bits per heavy atom. The summed E-state index contributed by atoms with van der Waals surface area (Å²) in [6.07, 6.45) is 0. The fourth-order valence-electron chi connectivity index (χ4n) is 10.5. The van der Waals surface area contributed by atoms with E-state index in [1.54, 1.807) is 0 Å². The highest BCUT2D eigenvalue weighted by Gasteiger charge is 2.35. The molecule has 0 fully saturated rings. The number of fused-ring (bicyclic) bond motifs is 2. The summed E-state index contributed by atoms with van der Waals surface area (Å²) in [7, 11) is 0. The van der Waals surface area contributed by atoms with Gasteiger partial charge in [-0.2, -0.15) is 0 Å². The first-order valence-electron chi connectivity index (χ1n) is 26.6. The van der Waals surface area contributed by atoms with Gasteiger partial charge in [-0.3, -0.25) is 4.90 Å². The van der Waals surface area contributed by atoms with Crippen LogP contribution in [0.25, 0.3) is 102 Å². The molecule has 1 aliphatic heterocycles. The van der Waals surface area contributed by atoms with Gasteiger partial charge in [0.25, 0.3) is 0 Å². The topological polar surface area (TPSA) is 96.7 Å². The van der Waals surface area contributed by atoms with Crippen LogP contribution < -0.4 is 9.80 Å². The van der Waals surface area contributed by atoms with E-state index in [0.717, 1.165) is 101 Å². The van der Waals surface area contributed by atoms with Gasteiger partial charge >= 0.3 is 0 Å². The molecule has 0 saturated heterocycles. The lowest BCUT2D eigenvalue weighted by Gasteiger charge is -2.41. The summed E-state index contributed by atoms with van der Waals surface area (Å²) in [5.74, 6) is 2.77. The van der Waals surface area contributed by atoms with Crippen LogP contribution in [0.4, 0.5) is 34.4 Å². The smallest absolute Gasteiger partial charge is 0.235 e. The summed E-state index contributed by atoms with van der Waals surface area (Å²) >= 11 is 0. The molecule has 9 heteroatoms. The summed E-state index contributed by atoms with van der Waals surface area (Å²) in [5.41, 5.74) is 16.7. The van der Waals surface area contributed by atoms with Gasteiger partial charge in [0.1, 0.15) is 0 Å². The normalized spacial score (nSPS) is 11.7. The first kappa shape index (κ1) is 47.4. The van der Waals surface area contributed by atoms with Crippen molar-refractivity contribution in [2.75, 3.05) is 9.80 Å². The van der Waals surface area contributed by atoms with Gasteiger partial charge in [-0.25, -0.2) is 34.9 Å². The zero-order valence-corrected chi connectivity index (χ0v) is 43.2. The van der Waals surface area contributed by atoms with E-state index >= 15 is 0 Å². The molecule has 14 rings (SSSR count). The molecule has 10 aromatic carbocycles. The summed E-state index contributed by atoms with van der Waals surface area (Å²) in [6.45, 7) is 0. The van der Waals surface area contributed by atoms with E-state index in [9.17, 15) is 0 Å². The second-order valence-electron chi connectivity index (χ2n) is 19.3. The molecule has 0 spiro atoms. The van der Waals surface area contributed by atoms with Crippen LogP contribution >= 0.6 is 0 Å². The molecule has 3 aromatic heterocycles. The van der Waals surface area contributed by atoms with Gasteiger partial charge in [-0.1, -0.05) is 237 Å². The minimum Gasteiger partial charge on any atom is -0.305 e. The Morgan fingerprint density at radius 2 is 0.487 bits per heavy atom. The van der Waals surface area contributed by atoms with Gasteiger partial charge in [0.2, 0.25) is 5.95 Å². The van der Waals surface area contributed by atoms with Crippen molar-refractivity contribution in [2.45, 2.75) is 0 Å². The molecule has 0 aliphatic carbocycles. The number of rotatable bonds is 11. The fourth-order valence-corrected chi connectivity index (χ4v) is 10.5. The predicted molar refractivity (Wildman–Crippen MR) is 323 cm³/mol. The third-order valence-electron chi connectivity index (χ3n) is 14.3. The number of hydrogen-bond acceptors (Lipinski definition) is 9. The lowest BCUT2D eigenvalue weighted by Crippen LogP contribution is -2.26. The van der Waals surface area contributed by atoms with E-state index in [2.05, 4.69) is 161 Å². The van der Waals surface area contributed by atoms with Gasteiger partial charge < -0.3 is 4.90 Å². The van der Waals surface area contributed by atoms with Gasteiger partial charge in [0.15, 0.2) is 23.3 Å². The van der Waals surface area contributed by atoms with Crippen LogP contribution in [0.15, 0.2) is 285 Å². The SMILES string of the molecule is c1ccc(-c2cc(-c3cc(-c4nc(-c5ccccc5)nc(-c5ccccc5)n4)cc(-c4ccccc4)c3N3c4ccccc4N(c4nc(-c5ccccc5)cc(-c5ccccc5)n4)c4ccccc43)nc(-c3ccccc3)n2)cc1. The predicted octanol–water partition coefficient (Wildman–Crippen LogP) is 17.7. The highest BCUT2D eigenvalue weighted by atomic mass is 15.3. The van der Waals surface area contributed by atoms with Gasteiger partial charge in [-0.15, -0.1) is 0 Å². The molecular weight excluding hydrogens is 979 g/mol. The Bertz CT molecular complexity index is 4120. The number of hydrogen-bond donors (Lipinski definition) is 0. The molecule has 0 radical (unpaired) electrons. The zero-order valence-electron chi connectivity index (χ0n) is 43.2. The number of para-hydroxylation sites is 4. The van der Waals surface area contributed by atoms with Gasteiger partial charge in [0.05, 0.1) is 51.2 Å². The Hall–Kier alpha value is -11.0. The molecule has 0 atom stereocenters. The maximum absolute atomic E-state index is 5.58. The minimum absolute atomic E-state index is 0.513. The van der Waals surface area contributed by atoms with Crippen LogP contribution in [0, 0.1) is 0 Å². The maximum Gasteiger partial charge on any atom is 0.235 e. The monoisotopic (exact) mass is 1030 g/mol. The van der Waals surface area contributed by atoms with Crippen molar-refractivity contribution in [3.05, 3.63) is 285 Å². The Labute approximate surface area is 463 Å². The van der Waals surface area contributed by atoms with Crippen LogP contribution in [0.2, 0.25) is 0 Å². The van der Waals surface area contributed by atoms with Crippen molar-refractivity contribution in [1.29, 1.82) is 0 Å². The first-order chi connectivity index (χ1) is 39.7. The second kappa shape index (κ2) is 20.8. The third kappa shape index (κ3) is 9.10. The van der Waals surface area contributed by atoms with E-state index < -0.39 is 0 Å². The molecule has 1 aliphatic rings. The number of aromatic nitrogens is 7. The van der Waals surface area contributed by atoms with Gasteiger partial charge in [0, 0.05) is 50.1 Å². The van der Waals surface area contributed by atoms with Crippen molar-refractivity contribution in [3.8, 4) is 102 Å². The average molecular weight is 1030 g/mol. The highest BCUT2D eigenvalue weighted by molar-refractivity contribution is 6.07. The van der Waals surface area contributed by atoms with Crippen LogP contribution in [-0.2, 0) is 0 Å². The van der Waals surface area contributed by atoms with Crippen LogP contribution in [0.1, 0.15) is 0 Å². The molecular formula is C71H47N9. The van der Waals surface area contributed by atoms with Crippen molar-refractivity contribution in [2.24, 2.45) is 0 Å². The molecule has 0 N–H and O–H groups in total. The fraction of sp³-hybridized carbons (Fsp3) is 0. The molecule has 0 unspecified atom stereocenters. The van der Waals surface area contributed by atoms with Crippen LogP contribution in [-0.4, -0.2) is 34.9 Å². The minimum atomic E-state index is 0.513. The summed E-state index contributed by atoms with van der Waals surface area (Å²) in [6, 6.07) is 97.5. The number of benzene rings is 10. The lowest BCUT2D eigenvalue weighted by molar-refractivity contribution is 1.06. The Balaban J connectivity index is 1.07. The van der Waals surface area contributed by atoms with Crippen LogP contribution in [0.3, 0.4) is 0 Å². The van der Waals surface area contributed by atoms with Crippen molar-refractivity contribution < 1.29 is 0 Å². The van der Waals surface area contributed by atoms with Gasteiger partial charge in [-0.05, 0) is 54.1 Å². The molecule has 13 aromatic rings. The molecule has 0 bridgehead atoms. The van der Waals surface area contributed by atoms with E-state index in [1.807, 2.05) is 133 Å².